The molecular weight excluding hydrogens is 520 g/mol. The predicted molar refractivity (Wildman–Crippen MR) is 138 cm³/mol. The Balaban J connectivity index is 1.78. The summed E-state index contributed by atoms with van der Waals surface area (Å²) in [6, 6.07) is 5.95. The van der Waals surface area contributed by atoms with Crippen molar-refractivity contribution >= 4 is 29.0 Å². The van der Waals surface area contributed by atoms with Crippen molar-refractivity contribution in [2.45, 2.75) is 26.1 Å². The number of nitrogens with zero attached hydrogens (tertiary/aromatic N) is 3. The van der Waals surface area contributed by atoms with E-state index in [4.69, 9.17) is 0 Å². The Morgan fingerprint density at radius 1 is 1.13 bits per heavy atom. The van der Waals surface area contributed by atoms with Gasteiger partial charge in [0.25, 0.3) is 5.91 Å². The van der Waals surface area contributed by atoms with Crippen LogP contribution in [0.15, 0.2) is 47.5 Å². The van der Waals surface area contributed by atoms with Crippen molar-refractivity contribution in [2.75, 3.05) is 42.2 Å². The third-order valence-corrected chi connectivity index (χ3v) is 6.49. The van der Waals surface area contributed by atoms with Crippen molar-refractivity contribution in [3.63, 3.8) is 0 Å². The summed E-state index contributed by atoms with van der Waals surface area (Å²) in [6.45, 7) is 4.91. The molecule has 0 saturated carbocycles. The molecule has 13 heteroatoms. The molecule has 1 fully saturated rings. The number of amides is 2. The minimum absolute atomic E-state index is 0.0376. The number of piperazine rings is 1. The molecule has 39 heavy (non-hydrogen) atoms. The van der Waals surface area contributed by atoms with Gasteiger partial charge in [-0.15, -0.1) is 0 Å². The molecule has 0 bridgehead atoms. The highest BCUT2D eigenvalue weighted by Gasteiger charge is 2.36. The fourth-order valence-electron chi connectivity index (χ4n) is 4.30. The normalized spacial score (nSPS) is 16.2. The predicted octanol–water partition coefficient (Wildman–Crippen LogP) is 3.95. The molecule has 4 rings (SSSR count). The highest BCUT2D eigenvalue weighted by Crippen LogP contribution is 2.36. The molecule has 2 amide bonds. The number of likely N-dealkylation sites (N-methyl/N-ethyl adjacent to an activating group) is 1. The van der Waals surface area contributed by atoms with E-state index >= 15 is 4.39 Å². The summed E-state index contributed by atoms with van der Waals surface area (Å²) in [5.74, 6) is -1.85. The second-order valence-corrected chi connectivity index (χ2v) is 9.31. The number of hydrogen-bond acceptors (Lipinski definition) is 6. The van der Waals surface area contributed by atoms with Crippen molar-refractivity contribution in [1.29, 1.82) is 0 Å². The first-order valence-corrected chi connectivity index (χ1v) is 12.0. The van der Waals surface area contributed by atoms with E-state index in [9.17, 15) is 27.6 Å². The Bertz CT molecular complexity index is 1460. The van der Waals surface area contributed by atoms with Crippen molar-refractivity contribution in [3.05, 3.63) is 70.0 Å². The molecule has 0 spiro atoms. The molecule has 1 aliphatic heterocycles. The molecule has 3 N–H and O–H groups in total. The van der Waals surface area contributed by atoms with Crippen LogP contribution in [0.2, 0.25) is 0 Å². The Hall–Kier alpha value is -4.26. The zero-order chi connectivity index (χ0) is 28.5. The molecule has 2 aromatic heterocycles. The first kappa shape index (κ1) is 27.8. The van der Waals surface area contributed by atoms with Crippen molar-refractivity contribution in [3.8, 4) is 11.1 Å². The molecule has 1 aliphatic rings. The van der Waals surface area contributed by atoms with Gasteiger partial charge in [-0.2, -0.15) is 13.2 Å². The van der Waals surface area contributed by atoms with Crippen LogP contribution < -0.4 is 21.1 Å². The molecule has 9 nitrogen and oxygen atoms in total. The second kappa shape index (κ2) is 10.8. The summed E-state index contributed by atoms with van der Waals surface area (Å²) >= 11 is 0. The lowest BCUT2D eigenvalue weighted by molar-refractivity contribution is -0.138. The molecule has 3 heterocycles. The second-order valence-electron chi connectivity index (χ2n) is 9.31. The van der Waals surface area contributed by atoms with E-state index in [0.717, 1.165) is 0 Å². The Morgan fingerprint density at radius 3 is 2.49 bits per heavy atom. The van der Waals surface area contributed by atoms with Crippen molar-refractivity contribution < 1.29 is 27.2 Å². The van der Waals surface area contributed by atoms with Crippen LogP contribution in [0, 0.1) is 5.82 Å². The lowest BCUT2D eigenvalue weighted by atomic mass is 10.0. The first-order chi connectivity index (χ1) is 18.3. The van der Waals surface area contributed by atoms with Crippen LogP contribution in [0.25, 0.3) is 11.1 Å². The molecule has 1 aromatic carbocycles. The van der Waals surface area contributed by atoms with Crippen LogP contribution in [0.3, 0.4) is 0 Å². The number of halogens is 4. The minimum atomic E-state index is -4.95. The average Bonchev–Trinajstić information content (AvgIpc) is 2.86. The lowest BCUT2D eigenvalue weighted by Crippen LogP contribution is -2.50. The molecule has 1 saturated heterocycles. The molecule has 0 radical (unpaired) electrons. The van der Waals surface area contributed by atoms with E-state index in [0.29, 0.717) is 43.1 Å². The van der Waals surface area contributed by atoms with E-state index in [1.807, 2.05) is 18.9 Å². The number of aromatic nitrogens is 2. The molecular formula is C26H26F4N6O3. The van der Waals surface area contributed by atoms with E-state index in [1.54, 1.807) is 0 Å². The Kier molecular flexibility index (Phi) is 7.72. The summed E-state index contributed by atoms with van der Waals surface area (Å²) in [5.41, 5.74) is -2.45. The zero-order valence-electron chi connectivity index (χ0n) is 21.3. The highest BCUT2D eigenvalue weighted by molar-refractivity contribution is 6.07. The molecule has 0 aliphatic carbocycles. The summed E-state index contributed by atoms with van der Waals surface area (Å²) in [5, 5.41) is 5.00. The van der Waals surface area contributed by atoms with Gasteiger partial charge in [-0.05, 0) is 38.2 Å². The monoisotopic (exact) mass is 546 g/mol. The molecule has 206 valence electrons. The Morgan fingerprint density at radius 2 is 1.87 bits per heavy atom. The van der Waals surface area contributed by atoms with E-state index < -0.39 is 34.6 Å². The van der Waals surface area contributed by atoms with Crippen LogP contribution in [-0.2, 0) is 11.0 Å². The van der Waals surface area contributed by atoms with E-state index in [2.05, 4.69) is 25.5 Å². The summed E-state index contributed by atoms with van der Waals surface area (Å²) in [6.07, 6.45) is -2.92. The molecule has 3 aromatic rings. The van der Waals surface area contributed by atoms with E-state index in [-0.39, 0.29) is 29.0 Å². The highest BCUT2D eigenvalue weighted by atomic mass is 19.4. The zero-order valence-corrected chi connectivity index (χ0v) is 21.3. The Labute approximate surface area is 220 Å². The van der Waals surface area contributed by atoms with Crippen LogP contribution in [0.1, 0.15) is 29.8 Å². The largest absolute Gasteiger partial charge is 0.417 e. The number of aromatic amines is 1. The van der Waals surface area contributed by atoms with Crippen LogP contribution in [-0.4, -0.2) is 59.4 Å². The van der Waals surface area contributed by atoms with Crippen molar-refractivity contribution in [1.82, 2.24) is 14.9 Å². The third-order valence-electron chi connectivity index (χ3n) is 6.49. The smallest absolute Gasteiger partial charge is 0.367 e. The number of H-pyrrole nitrogens is 1. The number of hydrogen-bond donors (Lipinski definition) is 3. The summed E-state index contributed by atoms with van der Waals surface area (Å²) in [7, 11) is 1.95. The van der Waals surface area contributed by atoms with Gasteiger partial charge in [-0.3, -0.25) is 14.4 Å². The maximum absolute atomic E-state index is 15.4. The van der Waals surface area contributed by atoms with Crippen LogP contribution >= 0.6 is 0 Å². The minimum Gasteiger partial charge on any atom is -0.367 e. The topological polar surface area (TPSA) is 110 Å². The van der Waals surface area contributed by atoms with Crippen molar-refractivity contribution in [2.24, 2.45) is 0 Å². The van der Waals surface area contributed by atoms with Crippen LogP contribution in [0.5, 0.6) is 0 Å². The number of alkyl halides is 3. The van der Waals surface area contributed by atoms with Gasteiger partial charge >= 0.3 is 6.18 Å². The van der Waals surface area contributed by atoms with E-state index in [1.165, 1.54) is 37.4 Å². The molecule has 1 unspecified atom stereocenters. The average molecular weight is 547 g/mol. The number of rotatable bonds is 5. The fourth-order valence-corrected chi connectivity index (χ4v) is 4.30. The van der Waals surface area contributed by atoms with Gasteiger partial charge in [-0.25, -0.2) is 9.37 Å². The van der Waals surface area contributed by atoms with Gasteiger partial charge in [0.15, 0.2) is 0 Å². The fraction of sp³-hybridized carbons (Fsp3) is 0.308. The summed E-state index contributed by atoms with van der Waals surface area (Å²) in [4.78, 5) is 46.1. The molecule has 1 atom stereocenters. The quantitative estimate of drug-likeness (QED) is 0.418. The number of anilines is 3. The summed E-state index contributed by atoms with van der Waals surface area (Å²) < 4.78 is 56.2. The first-order valence-electron chi connectivity index (χ1n) is 12.0. The van der Waals surface area contributed by atoms with Gasteiger partial charge in [-0.1, -0.05) is 0 Å². The maximum Gasteiger partial charge on any atom is 0.417 e. The SMILES string of the molecule is CC(=O)Nc1ccc(-c2cc(NC(=O)c3c[nH]c(=O)cc3C(F)(F)F)c(N3CCN(C)C(C)C3)cc2F)cn1. The van der Waals surface area contributed by atoms with Gasteiger partial charge < -0.3 is 25.4 Å². The number of pyridine rings is 2. The van der Waals surface area contributed by atoms with Gasteiger partial charge in [0.2, 0.25) is 11.5 Å². The van der Waals surface area contributed by atoms with Gasteiger partial charge in [0.05, 0.1) is 22.5 Å². The van der Waals surface area contributed by atoms with Gasteiger partial charge in [0, 0.05) is 62.2 Å². The number of benzene rings is 1. The lowest BCUT2D eigenvalue weighted by Gasteiger charge is -2.39. The van der Waals surface area contributed by atoms with Crippen LogP contribution in [0.4, 0.5) is 34.8 Å². The number of nitrogens with one attached hydrogen (secondary N) is 3. The van der Waals surface area contributed by atoms with Gasteiger partial charge in [0.1, 0.15) is 11.6 Å². The maximum atomic E-state index is 15.4. The number of carbonyl (C=O) groups excluding carboxylic acids is 2. The third kappa shape index (κ3) is 6.25. The number of carbonyl (C=O) groups is 2. The standard InChI is InChI=1S/C26H26F4N6O3/c1-14-13-36(7-6-35(14)3)22-10-20(27)17(16-4-5-23(31-11-16)33-15(2)37)8-21(22)34-25(39)18-12-32-24(38)9-19(18)26(28,29)30/h4-5,8-12,14H,6-7,13H2,1-3H3,(H,32,38)(H,34,39)(H,31,33,37).